The van der Waals surface area contributed by atoms with E-state index in [2.05, 4.69) is 0 Å². The van der Waals surface area contributed by atoms with Crippen LogP contribution in [0.15, 0.2) is 0 Å². The Morgan fingerprint density at radius 2 is 1.77 bits per heavy atom. The van der Waals surface area contributed by atoms with Gasteiger partial charge in [-0.25, -0.2) is 9.59 Å². The lowest BCUT2D eigenvalue weighted by atomic mass is 9.98. The number of hydrogen-bond acceptors (Lipinski definition) is 2. The van der Waals surface area contributed by atoms with E-state index in [-0.39, 0.29) is 5.92 Å². The number of carboxylic acids is 1. The van der Waals surface area contributed by atoms with Crippen LogP contribution in [0.25, 0.3) is 0 Å². The number of amides is 1. The van der Waals surface area contributed by atoms with Crippen molar-refractivity contribution in [3.63, 3.8) is 0 Å². The van der Waals surface area contributed by atoms with Gasteiger partial charge in [0.2, 0.25) is 0 Å². The number of nitrogens with one attached hydrogen (secondary N) is 1. The fraction of sp³-hybridized carbons (Fsp3) is 0.750. The molecule has 0 radical (unpaired) electrons. The number of aliphatic carboxylic acids is 1. The molecule has 0 saturated heterocycles. The van der Waals surface area contributed by atoms with E-state index >= 15 is 0 Å². The van der Waals surface area contributed by atoms with Crippen molar-refractivity contribution >= 4 is 12.1 Å². The number of hydrogen-bond donors (Lipinski definition) is 3. The zero-order valence-corrected chi connectivity index (χ0v) is 7.19. The third-order valence-electron chi connectivity index (χ3n) is 2.42. The van der Waals surface area contributed by atoms with Gasteiger partial charge in [0.05, 0.1) is 0 Å². The topological polar surface area (TPSA) is 86.6 Å². The van der Waals surface area contributed by atoms with Crippen molar-refractivity contribution in [2.24, 2.45) is 5.92 Å². The Morgan fingerprint density at radius 1 is 1.23 bits per heavy atom. The fourth-order valence-corrected chi connectivity index (χ4v) is 1.80. The Morgan fingerprint density at radius 3 is 2.15 bits per heavy atom. The van der Waals surface area contributed by atoms with Crippen molar-refractivity contribution in [3.05, 3.63) is 0 Å². The first-order valence-electron chi connectivity index (χ1n) is 4.33. The highest BCUT2D eigenvalue weighted by molar-refractivity contribution is 5.79. The fourth-order valence-electron chi connectivity index (χ4n) is 1.80. The maximum absolute atomic E-state index is 10.7. The highest BCUT2D eigenvalue weighted by atomic mass is 16.4. The Bertz CT molecular complexity index is 210. The standard InChI is InChI=1S/C8H13NO4/c10-7(11)6(9-8(12)13)5-3-1-2-4-5/h5-6,9H,1-4H2,(H,10,11)(H,12,13). The van der Waals surface area contributed by atoms with Gasteiger partial charge in [-0.2, -0.15) is 0 Å². The Hall–Kier alpha value is -1.26. The molecule has 13 heavy (non-hydrogen) atoms. The van der Waals surface area contributed by atoms with Gasteiger partial charge in [0.1, 0.15) is 6.04 Å². The van der Waals surface area contributed by atoms with E-state index in [1.54, 1.807) is 0 Å². The van der Waals surface area contributed by atoms with E-state index in [1.165, 1.54) is 0 Å². The molecule has 1 saturated carbocycles. The van der Waals surface area contributed by atoms with Gasteiger partial charge in [-0.15, -0.1) is 0 Å². The first-order valence-corrected chi connectivity index (χ1v) is 4.33. The van der Waals surface area contributed by atoms with Crippen LogP contribution in [0.3, 0.4) is 0 Å². The van der Waals surface area contributed by atoms with Gasteiger partial charge in [0, 0.05) is 0 Å². The van der Waals surface area contributed by atoms with Crippen molar-refractivity contribution < 1.29 is 19.8 Å². The third kappa shape index (κ3) is 2.61. The van der Waals surface area contributed by atoms with Crippen LogP contribution in [0, 0.1) is 5.92 Å². The van der Waals surface area contributed by atoms with Gasteiger partial charge < -0.3 is 15.5 Å². The molecule has 0 spiro atoms. The molecule has 1 amide bonds. The molecule has 1 fully saturated rings. The van der Waals surface area contributed by atoms with Crippen molar-refractivity contribution in [2.45, 2.75) is 31.7 Å². The zero-order valence-electron chi connectivity index (χ0n) is 7.19. The molecule has 3 N–H and O–H groups in total. The Kier molecular flexibility index (Phi) is 3.11. The van der Waals surface area contributed by atoms with Crippen molar-refractivity contribution in [1.29, 1.82) is 0 Å². The average molecular weight is 187 g/mol. The smallest absolute Gasteiger partial charge is 0.405 e. The van der Waals surface area contributed by atoms with Crippen LogP contribution >= 0.6 is 0 Å². The molecule has 0 bridgehead atoms. The molecule has 0 aromatic heterocycles. The summed E-state index contributed by atoms with van der Waals surface area (Å²) >= 11 is 0. The summed E-state index contributed by atoms with van der Waals surface area (Å²) in [5.74, 6) is -1.11. The SMILES string of the molecule is O=C(O)NC(C(=O)O)C1CCCC1. The van der Waals surface area contributed by atoms with Gasteiger partial charge in [-0.05, 0) is 18.8 Å². The summed E-state index contributed by atoms with van der Waals surface area (Å²) in [5, 5.41) is 19.2. The van der Waals surface area contributed by atoms with E-state index in [1.807, 2.05) is 5.32 Å². The first kappa shape index (κ1) is 9.83. The summed E-state index contributed by atoms with van der Waals surface area (Å²) in [5.41, 5.74) is 0. The maximum Gasteiger partial charge on any atom is 0.405 e. The largest absolute Gasteiger partial charge is 0.480 e. The Balaban J connectivity index is 2.55. The molecule has 1 aliphatic rings. The average Bonchev–Trinajstić information content (AvgIpc) is 2.50. The first-order chi connectivity index (χ1) is 6.11. The summed E-state index contributed by atoms with van der Waals surface area (Å²) < 4.78 is 0. The molecule has 74 valence electrons. The molecule has 1 aliphatic carbocycles. The van der Waals surface area contributed by atoms with E-state index in [4.69, 9.17) is 10.2 Å². The van der Waals surface area contributed by atoms with Crippen molar-refractivity contribution in [3.8, 4) is 0 Å². The van der Waals surface area contributed by atoms with Crippen LogP contribution in [0.5, 0.6) is 0 Å². The van der Waals surface area contributed by atoms with Gasteiger partial charge in [0.25, 0.3) is 0 Å². The number of carbonyl (C=O) groups is 2. The number of rotatable bonds is 3. The number of carboxylic acid groups (broad SMARTS) is 2. The second-order valence-electron chi connectivity index (χ2n) is 3.31. The highest BCUT2D eigenvalue weighted by Gasteiger charge is 2.31. The summed E-state index contributed by atoms with van der Waals surface area (Å²) in [6, 6.07) is -0.931. The lowest BCUT2D eigenvalue weighted by molar-refractivity contribution is -0.140. The molecule has 5 nitrogen and oxygen atoms in total. The minimum Gasteiger partial charge on any atom is -0.480 e. The van der Waals surface area contributed by atoms with Gasteiger partial charge in [0.15, 0.2) is 0 Å². The van der Waals surface area contributed by atoms with Crippen LogP contribution in [0.4, 0.5) is 4.79 Å². The highest BCUT2D eigenvalue weighted by Crippen LogP contribution is 2.27. The molecule has 1 rings (SSSR count). The summed E-state index contributed by atoms with van der Waals surface area (Å²) in [6.45, 7) is 0. The monoisotopic (exact) mass is 187 g/mol. The van der Waals surface area contributed by atoms with E-state index in [0.29, 0.717) is 0 Å². The second-order valence-corrected chi connectivity index (χ2v) is 3.31. The molecular weight excluding hydrogens is 174 g/mol. The third-order valence-corrected chi connectivity index (χ3v) is 2.42. The maximum atomic E-state index is 10.7. The predicted octanol–water partition coefficient (Wildman–Crippen LogP) is 0.897. The minimum absolute atomic E-state index is 0.0337. The molecule has 0 aromatic rings. The quantitative estimate of drug-likeness (QED) is 0.612. The lowest BCUT2D eigenvalue weighted by Gasteiger charge is -2.18. The molecular formula is C8H13NO4. The van der Waals surface area contributed by atoms with Crippen LogP contribution in [0.1, 0.15) is 25.7 Å². The Labute approximate surface area is 75.7 Å². The minimum atomic E-state index is -1.26. The van der Waals surface area contributed by atoms with Crippen LogP contribution < -0.4 is 5.32 Å². The molecule has 0 aliphatic heterocycles. The van der Waals surface area contributed by atoms with Gasteiger partial charge in [-0.3, -0.25) is 0 Å². The normalized spacial score (nSPS) is 19.7. The molecule has 0 heterocycles. The van der Waals surface area contributed by atoms with Gasteiger partial charge >= 0.3 is 12.1 Å². The lowest BCUT2D eigenvalue weighted by Crippen LogP contribution is -2.44. The van der Waals surface area contributed by atoms with Crippen molar-refractivity contribution in [1.82, 2.24) is 5.32 Å². The predicted molar refractivity (Wildman–Crippen MR) is 44.5 cm³/mol. The van der Waals surface area contributed by atoms with Crippen LogP contribution in [-0.4, -0.2) is 28.3 Å². The van der Waals surface area contributed by atoms with E-state index in [9.17, 15) is 9.59 Å². The molecule has 5 heteroatoms. The summed E-state index contributed by atoms with van der Waals surface area (Å²) in [4.78, 5) is 21.0. The molecule has 1 atom stereocenters. The van der Waals surface area contributed by atoms with Crippen LogP contribution in [0.2, 0.25) is 0 Å². The molecule has 0 aromatic carbocycles. The molecule has 1 unspecified atom stereocenters. The summed E-state index contributed by atoms with van der Waals surface area (Å²) in [6.07, 6.45) is 2.33. The van der Waals surface area contributed by atoms with E-state index < -0.39 is 18.1 Å². The second kappa shape index (κ2) is 4.11. The van der Waals surface area contributed by atoms with Crippen LogP contribution in [-0.2, 0) is 4.79 Å². The zero-order chi connectivity index (χ0) is 9.84. The van der Waals surface area contributed by atoms with Crippen molar-refractivity contribution in [2.75, 3.05) is 0 Å². The van der Waals surface area contributed by atoms with Gasteiger partial charge in [-0.1, -0.05) is 12.8 Å². The summed E-state index contributed by atoms with van der Waals surface area (Å²) in [7, 11) is 0. The van der Waals surface area contributed by atoms with E-state index in [0.717, 1.165) is 25.7 Å².